The van der Waals surface area contributed by atoms with Crippen molar-refractivity contribution in [2.45, 2.75) is 0 Å². The summed E-state index contributed by atoms with van der Waals surface area (Å²) in [4.78, 5) is 21.2. The maximum absolute atomic E-state index is 5.20. The quantitative estimate of drug-likeness (QED) is 0.199. The number of para-hydroxylation sites is 1. The monoisotopic (exact) mass is 611 g/mol. The van der Waals surface area contributed by atoms with Gasteiger partial charge in [-0.25, -0.2) is 9.97 Å². The van der Waals surface area contributed by atoms with Gasteiger partial charge >= 0.3 is 0 Å². The average molecular weight is 612 g/mol. The van der Waals surface area contributed by atoms with E-state index in [1.807, 2.05) is 60.0 Å². The first-order valence-electron chi connectivity index (χ1n) is 14.7. The van der Waals surface area contributed by atoms with Gasteiger partial charge < -0.3 is 0 Å². The zero-order valence-electron chi connectivity index (χ0n) is 23.7. The predicted octanol–water partition coefficient (Wildman–Crippen LogP) is 10.4. The summed E-state index contributed by atoms with van der Waals surface area (Å²) in [7, 11) is 0. The molecule has 0 spiro atoms. The van der Waals surface area contributed by atoms with Crippen LogP contribution in [0.3, 0.4) is 0 Å². The van der Waals surface area contributed by atoms with Gasteiger partial charge in [-0.15, -0.1) is 22.7 Å². The van der Waals surface area contributed by atoms with Crippen LogP contribution in [0.2, 0.25) is 0 Å². The van der Waals surface area contributed by atoms with Gasteiger partial charge in [0.15, 0.2) is 11.6 Å². The largest absolute Gasteiger partial charge is 0.276 e. The van der Waals surface area contributed by atoms with E-state index in [1.54, 1.807) is 11.3 Å². The number of rotatable bonds is 3. The van der Waals surface area contributed by atoms with Gasteiger partial charge in [-0.1, -0.05) is 97.1 Å². The van der Waals surface area contributed by atoms with Crippen molar-refractivity contribution >= 4 is 85.0 Å². The van der Waals surface area contributed by atoms with Crippen LogP contribution in [-0.4, -0.2) is 24.5 Å². The van der Waals surface area contributed by atoms with E-state index in [0.29, 0.717) is 17.6 Å². The minimum Gasteiger partial charge on any atom is -0.276 e. The zero-order chi connectivity index (χ0) is 29.5. The SMILES string of the molecule is c1ccc(-c2nc(-c3ccccc3)nc(-n3c4ccccc4c4c5c6cccnc6sc5c5c6ccccc6sc5c43)n2)cc1. The summed E-state index contributed by atoms with van der Waals surface area (Å²) >= 11 is 3.62. The van der Waals surface area contributed by atoms with Crippen LogP contribution in [0.4, 0.5) is 0 Å². The van der Waals surface area contributed by atoms with Crippen LogP contribution in [0, 0.1) is 0 Å². The van der Waals surface area contributed by atoms with Crippen molar-refractivity contribution in [1.82, 2.24) is 24.5 Å². The molecular formula is C38H21N5S2. The molecular weight excluding hydrogens is 591 g/mol. The van der Waals surface area contributed by atoms with Crippen LogP contribution in [-0.2, 0) is 0 Å². The maximum atomic E-state index is 5.20. The van der Waals surface area contributed by atoms with Crippen LogP contribution < -0.4 is 0 Å². The molecule has 210 valence electrons. The zero-order valence-corrected chi connectivity index (χ0v) is 25.3. The van der Waals surface area contributed by atoms with E-state index in [2.05, 4.69) is 83.4 Å². The highest BCUT2D eigenvalue weighted by molar-refractivity contribution is 7.30. The Morgan fingerprint density at radius 1 is 0.489 bits per heavy atom. The first-order valence-corrected chi connectivity index (χ1v) is 16.4. The molecule has 0 radical (unpaired) electrons. The molecule has 0 N–H and O–H groups in total. The Morgan fingerprint density at radius 3 is 1.89 bits per heavy atom. The molecule has 0 atom stereocenters. The lowest BCUT2D eigenvalue weighted by molar-refractivity contribution is 0.955. The summed E-state index contributed by atoms with van der Waals surface area (Å²) in [5.41, 5.74) is 4.07. The van der Waals surface area contributed by atoms with E-state index in [4.69, 9.17) is 19.9 Å². The number of fused-ring (bicyclic) bond motifs is 12. The highest BCUT2D eigenvalue weighted by Crippen LogP contribution is 2.51. The number of pyridine rings is 1. The summed E-state index contributed by atoms with van der Waals surface area (Å²) in [6.45, 7) is 0. The fourth-order valence-electron chi connectivity index (χ4n) is 6.61. The molecule has 5 aromatic heterocycles. The maximum Gasteiger partial charge on any atom is 0.238 e. The van der Waals surface area contributed by atoms with Crippen LogP contribution in [0.1, 0.15) is 0 Å². The standard InChI is InChI=1S/C38H21N5S2/c1-3-12-22(13-4-1)35-40-36(23-14-5-2-6-15-23)42-38(41-35)43-27-19-9-7-16-24(27)29-30-26-18-11-21-39-37(26)45-33(30)31-25-17-8-10-20-28(25)44-34(31)32(29)43/h1-21H. The summed E-state index contributed by atoms with van der Waals surface area (Å²) in [6, 6.07) is 41.9. The Labute approximate surface area is 264 Å². The van der Waals surface area contributed by atoms with Crippen LogP contribution >= 0.6 is 22.7 Å². The molecule has 10 aromatic rings. The molecule has 0 unspecified atom stereocenters. The lowest BCUT2D eigenvalue weighted by atomic mass is 10.0. The third-order valence-corrected chi connectivity index (χ3v) is 10.8. The van der Waals surface area contributed by atoms with Crippen molar-refractivity contribution in [3.05, 3.63) is 128 Å². The number of hydrogen-bond acceptors (Lipinski definition) is 6. The highest BCUT2D eigenvalue weighted by atomic mass is 32.1. The van der Waals surface area contributed by atoms with Gasteiger partial charge in [0.25, 0.3) is 0 Å². The smallest absolute Gasteiger partial charge is 0.238 e. The lowest BCUT2D eigenvalue weighted by Gasteiger charge is -2.11. The van der Waals surface area contributed by atoms with Crippen molar-refractivity contribution in [3.8, 4) is 28.7 Å². The van der Waals surface area contributed by atoms with Gasteiger partial charge in [0.05, 0.1) is 15.7 Å². The average Bonchev–Trinajstić information content (AvgIpc) is 3.78. The normalized spacial score (nSPS) is 12.0. The van der Waals surface area contributed by atoms with Gasteiger partial charge in [-0.3, -0.25) is 4.57 Å². The molecule has 0 saturated carbocycles. The molecule has 0 amide bonds. The Balaban J connectivity index is 1.45. The molecule has 0 fully saturated rings. The minimum absolute atomic E-state index is 0.602. The second-order valence-electron chi connectivity index (χ2n) is 11.1. The minimum atomic E-state index is 0.602. The van der Waals surface area contributed by atoms with Crippen molar-refractivity contribution in [1.29, 1.82) is 0 Å². The van der Waals surface area contributed by atoms with E-state index in [9.17, 15) is 0 Å². The fraction of sp³-hybridized carbons (Fsp3) is 0. The Bertz CT molecular complexity index is 2700. The molecule has 5 aromatic carbocycles. The van der Waals surface area contributed by atoms with E-state index in [1.165, 1.54) is 46.4 Å². The molecule has 0 aliphatic rings. The number of thiophene rings is 2. The Morgan fingerprint density at radius 2 is 1.13 bits per heavy atom. The highest BCUT2D eigenvalue weighted by Gasteiger charge is 2.26. The van der Waals surface area contributed by atoms with Gasteiger partial charge in [-0.05, 0) is 24.3 Å². The number of nitrogens with zero attached hydrogens (tertiary/aromatic N) is 5. The van der Waals surface area contributed by atoms with Crippen LogP contribution in [0.15, 0.2) is 128 Å². The molecule has 0 aliphatic carbocycles. The number of hydrogen-bond donors (Lipinski definition) is 0. The summed E-state index contributed by atoms with van der Waals surface area (Å²) in [6.07, 6.45) is 1.89. The second kappa shape index (κ2) is 9.50. The third kappa shape index (κ3) is 3.59. The first kappa shape index (κ1) is 24.9. The fourth-order valence-corrected chi connectivity index (χ4v) is 9.14. The summed E-state index contributed by atoms with van der Waals surface area (Å²) in [5, 5.41) is 7.33. The summed E-state index contributed by atoms with van der Waals surface area (Å²) < 4.78 is 6.03. The number of aromatic nitrogens is 5. The van der Waals surface area contributed by atoms with Gasteiger partial charge in [0, 0.05) is 59.0 Å². The second-order valence-corrected chi connectivity index (χ2v) is 13.1. The molecule has 0 aliphatic heterocycles. The van der Waals surface area contributed by atoms with E-state index in [0.717, 1.165) is 27.0 Å². The summed E-state index contributed by atoms with van der Waals surface area (Å²) in [5.74, 6) is 1.89. The van der Waals surface area contributed by atoms with Crippen molar-refractivity contribution in [3.63, 3.8) is 0 Å². The predicted molar refractivity (Wildman–Crippen MR) is 189 cm³/mol. The van der Waals surface area contributed by atoms with Gasteiger partial charge in [0.2, 0.25) is 5.95 Å². The first-order chi connectivity index (χ1) is 22.3. The van der Waals surface area contributed by atoms with Crippen molar-refractivity contribution in [2.75, 3.05) is 0 Å². The van der Waals surface area contributed by atoms with Crippen LogP contribution in [0.5, 0.6) is 0 Å². The molecule has 7 heteroatoms. The molecule has 5 heterocycles. The molecule has 0 saturated heterocycles. The van der Waals surface area contributed by atoms with E-state index >= 15 is 0 Å². The molecule has 45 heavy (non-hydrogen) atoms. The third-order valence-electron chi connectivity index (χ3n) is 8.52. The van der Waals surface area contributed by atoms with E-state index in [-0.39, 0.29) is 0 Å². The topological polar surface area (TPSA) is 56.5 Å². The number of benzene rings is 5. The molecule has 5 nitrogen and oxygen atoms in total. The van der Waals surface area contributed by atoms with Crippen molar-refractivity contribution < 1.29 is 0 Å². The molecule has 10 rings (SSSR count). The van der Waals surface area contributed by atoms with Gasteiger partial charge in [-0.2, -0.15) is 9.97 Å². The van der Waals surface area contributed by atoms with Crippen LogP contribution in [0.25, 0.3) is 91.0 Å². The van der Waals surface area contributed by atoms with Gasteiger partial charge in [0.1, 0.15) is 4.83 Å². The van der Waals surface area contributed by atoms with Crippen molar-refractivity contribution in [2.24, 2.45) is 0 Å². The lowest BCUT2D eigenvalue weighted by Crippen LogP contribution is -2.06. The Hall–Kier alpha value is -5.50. The molecule has 0 bridgehead atoms. The van der Waals surface area contributed by atoms with E-state index < -0.39 is 0 Å². The Kier molecular flexibility index (Phi) is 5.25.